The van der Waals surface area contributed by atoms with Gasteiger partial charge in [-0.05, 0) is 59.9 Å². The van der Waals surface area contributed by atoms with Gasteiger partial charge in [-0.3, -0.25) is 9.78 Å². The average Bonchev–Trinajstić information content (AvgIpc) is 2.82. The predicted molar refractivity (Wildman–Crippen MR) is 122 cm³/mol. The van der Waals surface area contributed by atoms with E-state index in [1.54, 1.807) is 31.5 Å². The molecule has 2 N–H and O–H groups in total. The number of ether oxygens (including phenoxy) is 1. The fourth-order valence-electron chi connectivity index (χ4n) is 3.64. The molecule has 0 atom stereocenters. The lowest BCUT2D eigenvalue weighted by molar-refractivity contribution is 0.0950. The normalized spacial score (nSPS) is 10.7. The van der Waals surface area contributed by atoms with Crippen molar-refractivity contribution in [2.75, 3.05) is 13.7 Å². The SMILES string of the molecule is COc1ccc(-c2cc(O)c3ncccc3c2)cc1C(=O)NCCCc1ccccc1. The zero-order chi connectivity index (χ0) is 21.6. The first-order valence-electron chi connectivity index (χ1n) is 10.2. The number of rotatable bonds is 7. The number of fused-ring (bicyclic) bond motifs is 1. The van der Waals surface area contributed by atoms with Gasteiger partial charge >= 0.3 is 0 Å². The van der Waals surface area contributed by atoms with Crippen molar-refractivity contribution in [3.63, 3.8) is 0 Å². The molecule has 1 amide bonds. The summed E-state index contributed by atoms with van der Waals surface area (Å²) in [7, 11) is 1.55. The first kappa shape index (κ1) is 20.4. The van der Waals surface area contributed by atoms with Crippen molar-refractivity contribution in [3.8, 4) is 22.6 Å². The Morgan fingerprint density at radius 3 is 2.65 bits per heavy atom. The third-order valence-electron chi connectivity index (χ3n) is 5.23. The number of benzene rings is 3. The number of aromatic nitrogens is 1. The topological polar surface area (TPSA) is 71.5 Å². The predicted octanol–water partition coefficient (Wildman–Crippen LogP) is 4.98. The van der Waals surface area contributed by atoms with Gasteiger partial charge < -0.3 is 15.2 Å². The Morgan fingerprint density at radius 1 is 1.00 bits per heavy atom. The molecule has 4 rings (SSSR count). The standard InChI is InChI=1S/C26H24N2O3/c1-31-24-12-11-19(21-15-20-10-6-13-27-25(20)23(29)17-21)16-22(24)26(30)28-14-5-9-18-7-3-2-4-8-18/h2-4,6-8,10-13,15-17,29H,5,9,14H2,1H3,(H,28,30). The molecule has 5 nitrogen and oxygen atoms in total. The smallest absolute Gasteiger partial charge is 0.255 e. The van der Waals surface area contributed by atoms with Gasteiger partial charge in [-0.25, -0.2) is 0 Å². The molecule has 0 fully saturated rings. The summed E-state index contributed by atoms with van der Waals surface area (Å²) in [5.41, 5.74) is 3.89. The lowest BCUT2D eigenvalue weighted by Gasteiger charge is -2.12. The van der Waals surface area contributed by atoms with Gasteiger partial charge in [-0.2, -0.15) is 0 Å². The van der Waals surface area contributed by atoms with Crippen LogP contribution in [0.4, 0.5) is 0 Å². The largest absolute Gasteiger partial charge is 0.506 e. The highest BCUT2D eigenvalue weighted by molar-refractivity contribution is 5.99. The van der Waals surface area contributed by atoms with Gasteiger partial charge in [-0.1, -0.05) is 42.5 Å². The van der Waals surface area contributed by atoms with E-state index in [0.29, 0.717) is 23.4 Å². The van der Waals surface area contributed by atoms with Gasteiger partial charge in [0.1, 0.15) is 17.0 Å². The molecule has 0 bridgehead atoms. The Labute approximate surface area is 181 Å². The van der Waals surface area contributed by atoms with Crippen LogP contribution in [0.25, 0.3) is 22.0 Å². The number of hydrogen-bond acceptors (Lipinski definition) is 4. The Bertz CT molecular complexity index is 1210. The van der Waals surface area contributed by atoms with Crippen molar-refractivity contribution >= 4 is 16.8 Å². The van der Waals surface area contributed by atoms with E-state index in [4.69, 9.17) is 4.74 Å². The maximum absolute atomic E-state index is 12.8. The Morgan fingerprint density at radius 2 is 1.84 bits per heavy atom. The summed E-state index contributed by atoms with van der Waals surface area (Å²) in [6.45, 7) is 0.573. The molecule has 0 saturated heterocycles. The number of aromatic hydroxyl groups is 1. The number of phenols is 1. The Hall–Kier alpha value is -3.86. The zero-order valence-electron chi connectivity index (χ0n) is 17.3. The van der Waals surface area contributed by atoms with Gasteiger partial charge in [0.05, 0.1) is 12.7 Å². The lowest BCUT2D eigenvalue weighted by Crippen LogP contribution is -2.25. The minimum atomic E-state index is -0.182. The second kappa shape index (κ2) is 9.30. The molecule has 0 aliphatic rings. The van der Waals surface area contributed by atoms with Crippen molar-refractivity contribution in [2.24, 2.45) is 0 Å². The summed E-state index contributed by atoms with van der Waals surface area (Å²) >= 11 is 0. The van der Waals surface area contributed by atoms with E-state index in [1.165, 1.54) is 5.56 Å². The molecular weight excluding hydrogens is 388 g/mol. The van der Waals surface area contributed by atoms with Crippen LogP contribution in [-0.2, 0) is 6.42 Å². The number of amides is 1. The van der Waals surface area contributed by atoms with E-state index in [-0.39, 0.29) is 11.7 Å². The quantitative estimate of drug-likeness (QED) is 0.420. The highest BCUT2D eigenvalue weighted by Gasteiger charge is 2.14. The summed E-state index contributed by atoms with van der Waals surface area (Å²) in [6.07, 6.45) is 3.40. The van der Waals surface area contributed by atoms with Crippen LogP contribution in [0.15, 0.2) is 79.0 Å². The summed E-state index contributed by atoms with van der Waals surface area (Å²) in [6, 6.07) is 23.0. The van der Waals surface area contributed by atoms with Gasteiger partial charge in [0.2, 0.25) is 0 Å². The van der Waals surface area contributed by atoms with Crippen molar-refractivity contribution in [3.05, 3.63) is 90.1 Å². The van der Waals surface area contributed by atoms with Gasteiger partial charge in [0.25, 0.3) is 5.91 Å². The van der Waals surface area contributed by atoms with Crippen LogP contribution in [0.1, 0.15) is 22.3 Å². The molecule has 0 aliphatic heterocycles. The third kappa shape index (κ3) is 4.67. The molecule has 0 spiro atoms. The second-order valence-electron chi connectivity index (χ2n) is 7.33. The van der Waals surface area contributed by atoms with Crippen LogP contribution in [0.3, 0.4) is 0 Å². The van der Waals surface area contributed by atoms with E-state index in [2.05, 4.69) is 22.4 Å². The van der Waals surface area contributed by atoms with E-state index < -0.39 is 0 Å². The number of phenolic OH excluding ortho intramolecular Hbond substituents is 1. The van der Waals surface area contributed by atoms with Crippen LogP contribution in [0.5, 0.6) is 11.5 Å². The Kier molecular flexibility index (Phi) is 6.13. The summed E-state index contributed by atoms with van der Waals surface area (Å²) in [5.74, 6) is 0.435. The second-order valence-corrected chi connectivity index (χ2v) is 7.33. The first-order valence-corrected chi connectivity index (χ1v) is 10.2. The van der Waals surface area contributed by atoms with Crippen molar-refractivity contribution in [1.82, 2.24) is 10.3 Å². The van der Waals surface area contributed by atoms with E-state index in [1.807, 2.05) is 42.5 Å². The fourth-order valence-corrected chi connectivity index (χ4v) is 3.64. The van der Waals surface area contributed by atoms with Crippen molar-refractivity contribution < 1.29 is 14.6 Å². The summed E-state index contributed by atoms with van der Waals surface area (Å²) < 4.78 is 5.41. The number of methoxy groups -OCH3 is 1. The maximum Gasteiger partial charge on any atom is 0.255 e. The molecule has 3 aromatic carbocycles. The number of carbonyl (C=O) groups is 1. The molecule has 0 unspecified atom stereocenters. The highest BCUT2D eigenvalue weighted by Crippen LogP contribution is 2.32. The molecule has 5 heteroatoms. The number of hydrogen-bond donors (Lipinski definition) is 2. The molecular formula is C26H24N2O3. The number of pyridine rings is 1. The van der Waals surface area contributed by atoms with Crippen molar-refractivity contribution in [1.29, 1.82) is 0 Å². The monoisotopic (exact) mass is 412 g/mol. The van der Waals surface area contributed by atoms with Gasteiger partial charge in [-0.15, -0.1) is 0 Å². The first-order chi connectivity index (χ1) is 15.2. The third-order valence-corrected chi connectivity index (χ3v) is 5.23. The number of carbonyl (C=O) groups excluding carboxylic acids is 1. The van der Waals surface area contributed by atoms with Crippen molar-refractivity contribution in [2.45, 2.75) is 12.8 Å². The maximum atomic E-state index is 12.8. The average molecular weight is 412 g/mol. The molecule has 31 heavy (non-hydrogen) atoms. The van der Waals surface area contributed by atoms with Crippen LogP contribution in [0, 0.1) is 0 Å². The van der Waals surface area contributed by atoms with Gasteiger partial charge in [0.15, 0.2) is 0 Å². The van der Waals surface area contributed by atoms with Gasteiger partial charge in [0, 0.05) is 18.1 Å². The summed E-state index contributed by atoms with van der Waals surface area (Å²) in [4.78, 5) is 17.1. The van der Waals surface area contributed by atoms with Crippen LogP contribution >= 0.6 is 0 Å². The number of nitrogens with zero attached hydrogens (tertiary/aromatic N) is 1. The molecule has 4 aromatic rings. The number of aryl methyl sites for hydroxylation is 1. The zero-order valence-corrected chi connectivity index (χ0v) is 17.3. The Balaban J connectivity index is 1.52. The molecule has 156 valence electrons. The molecule has 1 aromatic heterocycles. The minimum absolute atomic E-state index is 0.107. The molecule has 0 radical (unpaired) electrons. The molecule has 1 heterocycles. The molecule has 0 saturated carbocycles. The minimum Gasteiger partial charge on any atom is -0.506 e. The van der Waals surface area contributed by atoms with Crippen LogP contribution in [0.2, 0.25) is 0 Å². The summed E-state index contributed by atoms with van der Waals surface area (Å²) in [5, 5.41) is 14.2. The lowest BCUT2D eigenvalue weighted by atomic mass is 9.99. The van der Waals surface area contributed by atoms with E-state index in [9.17, 15) is 9.90 Å². The highest BCUT2D eigenvalue weighted by atomic mass is 16.5. The number of nitrogens with one attached hydrogen (secondary N) is 1. The fraction of sp³-hybridized carbons (Fsp3) is 0.154. The molecule has 0 aliphatic carbocycles. The van der Waals surface area contributed by atoms with Crippen LogP contribution < -0.4 is 10.1 Å². The van der Waals surface area contributed by atoms with E-state index in [0.717, 1.165) is 29.4 Å². The van der Waals surface area contributed by atoms with E-state index >= 15 is 0 Å². The van der Waals surface area contributed by atoms with Crippen LogP contribution in [-0.4, -0.2) is 29.7 Å².